The smallest absolute Gasteiger partial charge is 0.306 e. The first kappa shape index (κ1) is 58.8. The molecule has 0 aliphatic rings. The van der Waals surface area contributed by atoms with Gasteiger partial charge in [-0.1, -0.05) is 195 Å². The fourth-order valence-corrected chi connectivity index (χ4v) is 6.80. The first-order chi connectivity index (χ1) is 30.6. The molecule has 0 amide bonds. The lowest BCUT2D eigenvalue weighted by atomic mass is 10.1. The van der Waals surface area contributed by atoms with Crippen LogP contribution in [0.4, 0.5) is 0 Å². The molecule has 354 valence electrons. The van der Waals surface area contributed by atoms with Crippen LogP contribution in [0.3, 0.4) is 0 Å². The standard InChI is InChI=1S/C57H96O5/c1-4-7-10-13-16-19-22-25-27-29-30-33-35-38-41-44-47-50-56(58)61-54-55(62-57(59)51-48-45-42-39-36-32-24-21-18-15-12-9-6-3)53-60-52-49-46-43-40-37-34-31-28-26-23-20-17-14-11-8-5-2/h7,9-10,12,16-21,25-28,32,36,55H,4-6,8,11,13-15,22-24,29-31,33-35,37-54H2,1-3H3/b10-7-,12-9-,19-16-,20-17-,21-18-,27-25-,28-26-,36-32-. The van der Waals surface area contributed by atoms with E-state index in [9.17, 15) is 9.59 Å². The second-order valence-corrected chi connectivity index (χ2v) is 16.7. The Morgan fingerprint density at radius 3 is 1.18 bits per heavy atom. The van der Waals surface area contributed by atoms with E-state index in [1.165, 1.54) is 83.5 Å². The quantitative estimate of drug-likeness (QED) is 0.0347. The minimum Gasteiger partial charge on any atom is -0.462 e. The number of hydrogen-bond acceptors (Lipinski definition) is 5. The zero-order valence-corrected chi connectivity index (χ0v) is 40.6. The van der Waals surface area contributed by atoms with E-state index in [4.69, 9.17) is 14.2 Å². The number of hydrogen-bond donors (Lipinski definition) is 0. The zero-order chi connectivity index (χ0) is 44.9. The summed E-state index contributed by atoms with van der Waals surface area (Å²) in [5.74, 6) is -0.451. The number of allylic oxidation sites excluding steroid dienone is 16. The van der Waals surface area contributed by atoms with Crippen LogP contribution in [0.5, 0.6) is 0 Å². The van der Waals surface area contributed by atoms with Crippen LogP contribution >= 0.6 is 0 Å². The Hall–Kier alpha value is -3.18. The Morgan fingerprint density at radius 1 is 0.371 bits per heavy atom. The second-order valence-electron chi connectivity index (χ2n) is 16.7. The number of ether oxygens (including phenoxy) is 3. The van der Waals surface area contributed by atoms with Gasteiger partial charge in [-0.15, -0.1) is 0 Å². The van der Waals surface area contributed by atoms with Crippen molar-refractivity contribution in [3.05, 3.63) is 97.2 Å². The van der Waals surface area contributed by atoms with E-state index < -0.39 is 6.10 Å². The molecule has 0 aliphatic heterocycles. The molecule has 62 heavy (non-hydrogen) atoms. The molecule has 0 aromatic rings. The predicted molar refractivity (Wildman–Crippen MR) is 270 cm³/mol. The third-order valence-corrected chi connectivity index (χ3v) is 10.6. The summed E-state index contributed by atoms with van der Waals surface area (Å²) in [4.78, 5) is 25.4. The molecule has 0 radical (unpaired) electrons. The molecule has 0 bridgehead atoms. The van der Waals surface area contributed by atoms with Crippen LogP contribution in [0.2, 0.25) is 0 Å². The Labute approximate surface area is 383 Å². The highest BCUT2D eigenvalue weighted by molar-refractivity contribution is 5.70. The van der Waals surface area contributed by atoms with E-state index in [0.29, 0.717) is 19.4 Å². The van der Waals surface area contributed by atoms with Gasteiger partial charge in [-0.2, -0.15) is 0 Å². The van der Waals surface area contributed by atoms with Crippen molar-refractivity contribution in [1.29, 1.82) is 0 Å². The molecule has 5 nitrogen and oxygen atoms in total. The van der Waals surface area contributed by atoms with Crippen LogP contribution in [0, 0.1) is 0 Å². The molecule has 0 aliphatic carbocycles. The van der Waals surface area contributed by atoms with Crippen molar-refractivity contribution in [2.75, 3.05) is 19.8 Å². The topological polar surface area (TPSA) is 61.8 Å². The van der Waals surface area contributed by atoms with Gasteiger partial charge in [0.1, 0.15) is 6.61 Å². The van der Waals surface area contributed by atoms with Crippen molar-refractivity contribution in [3.8, 4) is 0 Å². The van der Waals surface area contributed by atoms with Crippen LogP contribution in [-0.2, 0) is 23.8 Å². The Morgan fingerprint density at radius 2 is 0.726 bits per heavy atom. The van der Waals surface area contributed by atoms with Gasteiger partial charge in [-0.25, -0.2) is 0 Å². The van der Waals surface area contributed by atoms with Gasteiger partial charge in [0.25, 0.3) is 0 Å². The molecular weight excluding hydrogens is 765 g/mol. The minimum absolute atomic E-state index is 0.0590. The summed E-state index contributed by atoms with van der Waals surface area (Å²) in [5, 5.41) is 0. The van der Waals surface area contributed by atoms with Crippen LogP contribution in [0.1, 0.15) is 226 Å². The molecule has 0 saturated heterocycles. The van der Waals surface area contributed by atoms with Crippen molar-refractivity contribution in [1.82, 2.24) is 0 Å². The molecule has 0 aromatic carbocycles. The average molecular weight is 861 g/mol. The molecule has 1 atom stereocenters. The summed E-state index contributed by atoms with van der Waals surface area (Å²) in [6.07, 6.45) is 69.9. The van der Waals surface area contributed by atoms with Gasteiger partial charge in [0.15, 0.2) is 6.10 Å². The van der Waals surface area contributed by atoms with Crippen molar-refractivity contribution < 1.29 is 23.8 Å². The highest BCUT2D eigenvalue weighted by atomic mass is 16.6. The maximum Gasteiger partial charge on any atom is 0.306 e. The van der Waals surface area contributed by atoms with E-state index in [2.05, 4.69) is 118 Å². The van der Waals surface area contributed by atoms with Crippen molar-refractivity contribution in [2.45, 2.75) is 232 Å². The minimum atomic E-state index is -0.566. The van der Waals surface area contributed by atoms with Crippen molar-refractivity contribution in [3.63, 3.8) is 0 Å². The summed E-state index contributed by atoms with van der Waals surface area (Å²) >= 11 is 0. The average Bonchev–Trinajstić information content (AvgIpc) is 3.27. The summed E-state index contributed by atoms with van der Waals surface area (Å²) in [6.45, 7) is 7.51. The summed E-state index contributed by atoms with van der Waals surface area (Å²) in [5.41, 5.74) is 0. The molecule has 0 heterocycles. The molecule has 0 spiro atoms. The highest BCUT2D eigenvalue weighted by Crippen LogP contribution is 2.13. The van der Waals surface area contributed by atoms with Crippen LogP contribution < -0.4 is 0 Å². The monoisotopic (exact) mass is 861 g/mol. The molecule has 0 aromatic heterocycles. The third-order valence-electron chi connectivity index (χ3n) is 10.6. The number of carbonyl (C=O) groups is 2. The van der Waals surface area contributed by atoms with Crippen LogP contribution in [-0.4, -0.2) is 37.9 Å². The van der Waals surface area contributed by atoms with Gasteiger partial charge in [0.05, 0.1) is 6.61 Å². The Bertz CT molecular complexity index is 1200. The van der Waals surface area contributed by atoms with Gasteiger partial charge in [-0.05, 0) is 116 Å². The van der Waals surface area contributed by atoms with Crippen molar-refractivity contribution in [2.24, 2.45) is 0 Å². The molecule has 0 N–H and O–H groups in total. The predicted octanol–water partition coefficient (Wildman–Crippen LogP) is 17.5. The lowest BCUT2D eigenvalue weighted by molar-refractivity contribution is -0.163. The Balaban J connectivity index is 4.34. The molecule has 1 unspecified atom stereocenters. The lowest BCUT2D eigenvalue weighted by Gasteiger charge is -2.18. The summed E-state index contributed by atoms with van der Waals surface area (Å²) < 4.78 is 17.4. The van der Waals surface area contributed by atoms with Gasteiger partial charge >= 0.3 is 11.9 Å². The van der Waals surface area contributed by atoms with Crippen LogP contribution in [0.15, 0.2) is 97.2 Å². The van der Waals surface area contributed by atoms with Gasteiger partial charge < -0.3 is 14.2 Å². The molecule has 0 saturated carbocycles. The van der Waals surface area contributed by atoms with Gasteiger partial charge in [-0.3, -0.25) is 9.59 Å². The molecule has 0 rings (SSSR count). The fraction of sp³-hybridized carbons (Fsp3) is 0.684. The van der Waals surface area contributed by atoms with Gasteiger partial charge in [0, 0.05) is 19.4 Å². The third kappa shape index (κ3) is 49.5. The summed E-state index contributed by atoms with van der Waals surface area (Å²) in [7, 11) is 0. The number of unbranched alkanes of at least 4 members (excludes halogenated alkanes) is 19. The van der Waals surface area contributed by atoms with E-state index in [1.54, 1.807) is 0 Å². The fourth-order valence-electron chi connectivity index (χ4n) is 6.80. The second kappa shape index (κ2) is 52.2. The maximum atomic E-state index is 12.8. The van der Waals surface area contributed by atoms with Gasteiger partial charge in [0.2, 0.25) is 0 Å². The molecule has 5 heteroatoms. The molecular formula is C57H96O5. The van der Waals surface area contributed by atoms with Crippen molar-refractivity contribution >= 4 is 11.9 Å². The number of carbonyl (C=O) groups excluding carboxylic acids is 2. The SMILES string of the molecule is CC/C=C\C/C=C\C/C=C\CCCCCCCCCC(=O)OCC(COCCCCCCCC/C=C\C/C=C\CCCCC)OC(=O)CCCCC/C=C\C/C=C\C/C=C\CC. The normalized spacial score (nSPS) is 13.0. The first-order valence-corrected chi connectivity index (χ1v) is 25.8. The zero-order valence-electron chi connectivity index (χ0n) is 40.6. The molecule has 0 fully saturated rings. The van der Waals surface area contributed by atoms with Crippen LogP contribution in [0.25, 0.3) is 0 Å². The largest absolute Gasteiger partial charge is 0.462 e. The number of rotatable bonds is 46. The maximum absolute atomic E-state index is 12.8. The van der Waals surface area contributed by atoms with E-state index in [1.807, 2.05) is 0 Å². The van der Waals surface area contributed by atoms with E-state index in [-0.39, 0.29) is 25.2 Å². The van der Waals surface area contributed by atoms with E-state index >= 15 is 0 Å². The van der Waals surface area contributed by atoms with E-state index in [0.717, 1.165) is 109 Å². The lowest BCUT2D eigenvalue weighted by Crippen LogP contribution is -2.30. The first-order valence-electron chi connectivity index (χ1n) is 25.8. The summed E-state index contributed by atoms with van der Waals surface area (Å²) in [6, 6.07) is 0. The Kier molecular flexibility index (Phi) is 49.5. The highest BCUT2D eigenvalue weighted by Gasteiger charge is 2.17. The number of esters is 2.